The second-order valence-electron chi connectivity index (χ2n) is 4.41. The molecular formula is C14H18N2O2. The lowest BCUT2D eigenvalue weighted by atomic mass is 10.0. The number of benzene rings is 1. The molecule has 0 aromatic heterocycles. The Labute approximate surface area is 107 Å². The Hall–Kier alpha value is -2.02. The SMILES string of the molecule is CCC(CNc1ccc(C)cc1C#N)CC(=O)O. The number of nitriles is 1. The van der Waals surface area contributed by atoms with Gasteiger partial charge in [0.05, 0.1) is 11.3 Å². The third-order valence-electron chi connectivity index (χ3n) is 2.92. The summed E-state index contributed by atoms with van der Waals surface area (Å²) in [5.41, 5.74) is 2.40. The molecule has 4 nitrogen and oxygen atoms in total. The Kier molecular flexibility index (Phi) is 5.19. The summed E-state index contributed by atoms with van der Waals surface area (Å²) in [6.07, 6.45) is 0.949. The first-order valence-electron chi connectivity index (χ1n) is 6.03. The van der Waals surface area contributed by atoms with Crippen molar-refractivity contribution in [3.8, 4) is 6.07 Å². The van der Waals surface area contributed by atoms with Crippen LogP contribution in [0.1, 0.15) is 30.9 Å². The van der Waals surface area contributed by atoms with E-state index < -0.39 is 5.97 Å². The predicted octanol–water partition coefficient (Wildman–Crippen LogP) is 2.78. The van der Waals surface area contributed by atoms with Crippen LogP contribution in [0.3, 0.4) is 0 Å². The monoisotopic (exact) mass is 246 g/mol. The first kappa shape index (κ1) is 14.0. The highest BCUT2D eigenvalue weighted by Gasteiger charge is 2.11. The van der Waals surface area contributed by atoms with Crippen LogP contribution in [0.2, 0.25) is 0 Å². The molecule has 1 aromatic carbocycles. The molecule has 4 heteroatoms. The van der Waals surface area contributed by atoms with Crippen molar-refractivity contribution in [3.63, 3.8) is 0 Å². The van der Waals surface area contributed by atoms with Gasteiger partial charge in [-0.05, 0) is 30.5 Å². The van der Waals surface area contributed by atoms with Gasteiger partial charge in [0.2, 0.25) is 0 Å². The molecule has 0 radical (unpaired) electrons. The number of carboxylic acid groups (broad SMARTS) is 1. The molecule has 0 amide bonds. The van der Waals surface area contributed by atoms with Gasteiger partial charge < -0.3 is 10.4 Å². The first-order chi connectivity index (χ1) is 8.56. The van der Waals surface area contributed by atoms with Crippen LogP contribution in [-0.4, -0.2) is 17.6 Å². The van der Waals surface area contributed by atoms with E-state index in [9.17, 15) is 4.79 Å². The van der Waals surface area contributed by atoms with E-state index in [4.69, 9.17) is 10.4 Å². The molecular weight excluding hydrogens is 228 g/mol. The van der Waals surface area contributed by atoms with E-state index >= 15 is 0 Å². The highest BCUT2D eigenvalue weighted by atomic mass is 16.4. The Morgan fingerprint density at radius 2 is 2.28 bits per heavy atom. The number of hydrogen-bond acceptors (Lipinski definition) is 3. The molecule has 0 saturated carbocycles. The van der Waals surface area contributed by atoms with Crippen LogP contribution in [0.15, 0.2) is 18.2 Å². The van der Waals surface area contributed by atoms with Gasteiger partial charge in [0.25, 0.3) is 0 Å². The smallest absolute Gasteiger partial charge is 0.303 e. The van der Waals surface area contributed by atoms with Crippen molar-refractivity contribution in [2.75, 3.05) is 11.9 Å². The molecule has 0 aliphatic heterocycles. The number of carboxylic acids is 1. The van der Waals surface area contributed by atoms with E-state index in [0.29, 0.717) is 12.1 Å². The highest BCUT2D eigenvalue weighted by molar-refractivity contribution is 5.67. The molecule has 0 aliphatic carbocycles. The van der Waals surface area contributed by atoms with Crippen molar-refractivity contribution in [1.82, 2.24) is 0 Å². The topological polar surface area (TPSA) is 73.1 Å². The lowest BCUT2D eigenvalue weighted by molar-refractivity contribution is -0.138. The lowest BCUT2D eigenvalue weighted by Gasteiger charge is -2.15. The van der Waals surface area contributed by atoms with Crippen molar-refractivity contribution in [2.45, 2.75) is 26.7 Å². The summed E-state index contributed by atoms with van der Waals surface area (Å²) in [7, 11) is 0. The number of aryl methyl sites for hydroxylation is 1. The van der Waals surface area contributed by atoms with Gasteiger partial charge >= 0.3 is 5.97 Å². The van der Waals surface area contributed by atoms with Gasteiger partial charge in [0.15, 0.2) is 0 Å². The molecule has 0 spiro atoms. The largest absolute Gasteiger partial charge is 0.481 e. The number of hydrogen-bond donors (Lipinski definition) is 2. The predicted molar refractivity (Wildman–Crippen MR) is 70.4 cm³/mol. The second kappa shape index (κ2) is 6.65. The van der Waals surface area contributed by atoms with Crippen molar-refractivity contribution < 1.29 is 9.90 Å². The van der Waals surface area contributed by atoms with E-state index in [0.717, 1.165) is 17.7 Å². The number of aliphatic carboxylic acids is 1. The molecule has 1 rings (SSSR count). The standard InChI is InChI=1S/C14H18N2O2/c1-3-11(7-14(17)18)9-16-13-5-4-10(2)6-12(13)8-15/h4-6,11,16H,3,7,9H2,1-2H3,(H,17,18). The fourth-order valence-corrected chi connectivity index (χ4v) is 1.77. The highest BCUT2D eigenvalue weighted by Crippen LogP contribution is 2.18. The summed E-state index contributed by atoms with van der Waals surface area (Å²) in [5, 5.41) is 21.0. The van der Waals surface area contributed by atoms with Crippen LogP contribution in [-0.2, 0) is 4.79 Å². The summed E-state index contributed by atoms with van der Waals surface area (Å²) in [6, 6.07) is 7.75. The number of anilines is 1. The molecule has 0 heterocycles. The molecule has 0 fully saturated rings. The Balaban J connectivity index is 2.68. The number of carbonyl (C=O) groups is 1. The summed E-state index contributed by atoms with van der Waals surface area (Å²) >= 11 is 0. The lowest BCUT2D eigenvalue weighted by Crippen LogP contribution is -2.17. The zero-order valence-electron chi connectivity index (χ0n) is 10.7. The van der Waals surface area contributed by atoms with Gasteiger partial charge in [-0.25, -0.2) is 0 Å². The van der Waals surface area contributed by atoms with E-state index in [1.54, 1.807) is 0 Å². The maximum atomic E-state index is 10.7. The fourth-order valence-electron chi connectivity index (χ4n) is 1.77. The van der Waals surface area contributed by atoms with Crippen LogP contribution in [0.5, 0.6) is 0 Å². The van der Waals surface area contributed by atoms with Gasteiger partial charge in [0.1, 0.15) is 6.07 Å². The van der Waals surface area contributed by atoms with E-state index in [1.165, 1.54) is 0 Å². The van der Waals surface area contributed by atoms with Gasteiger partial charge in [-0.15, -0.1) is 0 Å². The van der Waals surface area contributed by atoms with Gasteiger partial charge in [-0.3, -0.25) is 4.79 Å². The molecule has 96 valence electrons. The van der Waals surface area contributed by atoms with E-state index in [-0.39, 0.29) is 12.3 Å². The fraction of sp³-hybridized carbons (Fsp3) is 0.429. The van der Waals surface area contributed by atoms with Crippen LogP contribution in [0.4, 0.5) is 5.69 Å². The minimum absolute atomic E-state index is 0.0790. The molecule has 0 saturated heterocycles. The summed E-state index contributed by atoms with van der Waals surface area (Å²) in [6.45, 7) is 4.47. The quantitative estimate of drug-likeness (QED) is 0.809. The molecule has 0 aliphatic rings. The number of rotatable bonds is 6. The second-order valence-corrected chi connectivity index (χ2v) is 4.41. The van der Waals surface area contributed by atoms with Crippen molar-refractivity contribution in [3.05, 3.63) is 29.3 Å². The van der Waals surface area contributed by atoms with Crippen LogP contribution in [0, 0.1) is 24.2 Å². The van der Waals surface area contributed by atoms with E-state index in [1.807, 2.05) is 32.0 Å². The van der Waals surface area contributed by atoms with Crippen molar-refractivity contribution in [1.29, 1.82) is 5.26 Å². The normalized spacial score (nSPS) is 11.6. The maximum Gasteiger partial charge on any atom is 0.303 e. The molecule has 18 heavy (non-hydrogen) atoms. The van der Waals surface area contributed by atoms with Crippen LogP contribution >= 0.6 is 0 Å². The number of nitrogens with zero attached hydrogens (tertiary/aromatic N) is 1. The third-order valence-corrected chi connectivity index (χ3v) is 2.92. The zero-order valence-corrected chi connectivity index (χ0v) is 10.7. The maximum absolute atomic E-state index is 10.7. The van der Waals surface area contributed by atoms with Gasteiger partial charge in [0, 0.05) is 13.0 Å². The molecule has 2 N–H and O–H groups in total. The summed E-state index contributed by atoms with van der Waals surface area (Å²) < 4.78 is 0. The van der Waals surface area contributed by atoms with Crippen molar-refractivity contribution in [2.24, 2.45) is 5.92 Å². The number of nitrogens with one attached hydrogen (secondary N) is 1. The van der Waals surface area contributed by atoms with Crippen molar-refractivity contribution >= 4 is 11.7 Å². The minimum Gasteiger partial charge on any atom is -0.481 e. The molecule has 1 aromatic rings. The minimum atomic E-state index is -0.784. The summed E-state index contributed by atoms with van der Waals surface area (Å²) in [4.78, 5) is 10.7. The Morgan fingerprint density at radius 1 is 1.56 bits per heavy atom. The average molecular weight is 246 g/mol. The van der Waals surface area contributed by atoms with Crippen LogP contribution < -0.4 is 5.32 Å². The van der Waals surface area contributed by atoms with Gasteiger partial charge in [-0.2, -0.15) is 5.26 Å². The van der Waals surface area contributed by atoms with Gasteiger partial charge in [-0.1, -0.05) is 19.4 Å². The molecule has 1 atom stereocenters. The average Bonchev–Trinajstić information content (AvgIpc) is 2.34. The van der Waals surface area contributed by atoms with Crippen LogP contribution in [0.25, 0.3) is 0 Å². The zero-order chi connectivity index (χ0) is 13.5. The third kappa shape index (κ3) is 4.10. The molecule has 1 unspecified atom stereocenters. The Morgan fingerprint density at radius 3 is 2.83 bits per heavy atom. The summed E-state index contributed by atoms with van der Waals surface area (Å²) in [5.74, 6) is -0.705. The van der Waals surface area contributed by atoms with E-state index in [2.05, 4.69) is 11.4 Å². The molecule has 0 bridgehead atoms. The Bertz CT molecular complexity index is 463. The first-order valence-corrected chi connectivity index (χ1v) is 6.03.